The third-order valence-electron chi connectivity index (χ3n) is 2.31. The Morgan fingerprint density at radius 1 is 1.47 bits per heavy atom. The van der Waals surface area contributed by atoms with E-state index < -0.39 is 0 Å². The molecule has 0 bridgehead atoms. The van der Waals surface area contributed by atoms with Gasteiger partial charge in [-0.25, -0.2) is 4.98 Å². The number of pyridine rings is 1. The molecule has 82 valence electrons. The van der Waals surface area contributed by atoms with Crippen molar-refractivity contribution < 1.29 is 0 Å². The quantitative estimate of drug-likeness (QED) is 0.554. The van der Waals surface area contributed by atoms with E-state index in [0.29, 0.717) is 5.71 Å². The van der Waals surface area contributed by atoms with Gasteiger partial charge in [0.15, 0.2) is 0 Å². The number of anilines is 1. The van der Waals surface area contributed by atoms with Crippen LogP contribution < -0.4 is 5.32 Å². The second-order valence-electron chi connectivity index (χ2n) is 3.51. The third-order valence-corrected chi connectivity index (χ3v) is 2.31. The van der Waals surface area contributed by atoms with Crippen molar-refractivity contribution in [2.75, 3.05) is 11.9 Å². The van der Waals surface area contributed by atoms with Gasteiger partial charge in [-0.1, -0.05) is 20.3 Å². The van der Waals surface area contributed by atoms with Gasteiger partial charge in [0.25, 0.3) is 0 Å². The Balaban J connectivity index is 2.73. The molecule has 1 aromatic rings. The van der Waals surface area contributed by atoms with Crippen LogP contribution in [0.1, 0.15) is 38.7 Å². The summed E-state index contributed by atoms with van der Waals surface area (Å²) >= 11 is 0. The lowest BCUT2D eigenvalue weighted by Gasteiger charge is -2.10. The van der Waals surface area contributed by atoms with Crippen molar-refractivity contribution in [2.45, 2.75) is 33.1 Å². The van der Waals surface area contributed by atoms with Gasteiger partial charge < -0.3 is 10.7 Å². The minimum Gasteiger partial charge on any atom is -0.370 e. The molecule has 1 heterocycles. The van der Waals surface area contributed by atoms with Crippen molar-refractivity contribution in [3.05, 3.63) is 23.9 Å². The number of hydrogen-bond acceptors (Lipinski definition) is 3. The van der Waals surface area contributed by atoms with E-state index >= 15 is 0 Å². The summed E-state index contributed by atoms with van der Waals surface area (Å²) in [7, 11) is 0. The molecule has 0 aromatic carbocycles. The summed E-state index contributed by atoms with van der Waals surface area (Å²) in [5.41, 5.74) is 1.57. The van der Waals surface area contributed by atoms with Gasteiger partial charge in [0.1, 0.15) is 5.82 Å². The summed E-state index contributed by atoms with van der Waals surface area (Å²) in [6.07, 6.45) is 4.81. The van der Waals surface area contributed by atoms with Crippen LogP contribution in [0.2, 0.25) is 0 Å². The second-order valence-corrected chi connectivity index (χ2v) is 3.51. The molecule has 1 rings (SSSR count). The van der Waals surface area contributed by atoms with Gasteiger partial charge in [0.2, 0.25) is 0 Å². The molecule has 15 heavy (non-hydrogen) atoms. The molecule has 0 aliphatic rings. The van der Waals surface area contributed by atoms with Crippen LogP contribution in [-0.4, -0.2) is 17.2 Å². The molecule has 0 amide bonds. The van der Waals surface area contributed by atoms with Gasteiger partial charge in [-0.05, 0) is 25.0 Å². The zero-order chi connectivity index (χ0) is 11.1. The van der Waals surface area contributed by atoms with E-state index in [2.05, 4.69) is 17.2 Å². The molecule has 0 spiro atoms. The van der Waals surface area contributed by atoms with Crippen LogP contribution in [0.15, 0.2) is 18.3 Å². The first-order valence-corrected chi connectivity index (χ1v) is 5.56. The van der Waals surface area contributed by atoms with Gasteiger partial charge in [-0.3, -0.25) is 0 Å². The van der Waals surface area contributed by atoms with Crippen LogP contribution in [0.5, 0.6) is 0 Å². The molecular weight excluding hydrogens is 186 g/mol. The lowest BCUT2D eigenvalue weighted by molar-refractivity contribution is 0.830. The molecule has 0 fully saturated rings. The first-order valence-electron chi connectivity index (χ1n) is 5.56. The van der Waals surface area contributed by atoms with Crippen molar-refractivity contribution >= 4 is 11.5 Å². The summed E-state index contributed by atoms with van der Waals surface area (Å²) in [5.74, 6) is 0.845. The van der Waals surface area contributed by atoms with Crippen LogP contribution in [-0.2, 0) is 0 Å². The Kier molecular flexibility index (Phi) is 4.81. The summed E-state index contributed by atoms with van der Waals surface area (Å²) in [4.78, 5) is 4.27. The van der Waals surface area contributed by atoms with Crippen molar-refractivity contribution in [1.29, 1.82) is 5.41 Å². The number of nitrogens with zero attached hydrogens (tertiary/aromatic N) is 1. The summed E-state index contributed by atoms with van der Waals surface area (Å²) in [6, 6.07) is 3.83. The molecule has 0 unspecified atom stereocenters. The highest BCUT2D eigenvalue weighted by Gasteiger charge is 2.05. The molecule has 0 saturated heterocycles. The van der Waals surface area contributed by atoms with Crippen LogP contribution in [0.3, 0.4) is 0 Å². The second kappa shape index (κ2) is 6.17. The first kappa shape index (κ1) is 11.7. The van der Waals surface area contributed by atoms with Crippen molar-refractivity contribution in [2.24, 2.45) is 0 Å². The summed E-state index contributed by atoms with van der Waals surface area (Å²) < 4.78 is 0. The third kappa shape index (κ3) is 3.35. The fourth-order valence-electron chi connectivity index (χ4n) is 1.36. The largest absolute Gasteiger partial charge is 0.370 e. The average Bonchev–Trinajstić information content (AvgIpc) is 2.29. The average molecular weight is 205 g/mol. The Bertz CT molecular complexity index is 320. The van der Waals surface area contributed by atoms with Crippen LogP contribution in [0.25, 0.3) is 0 Å². The van der Waals surface area contributed by atoms with Gasteiger partial charge in [0.05, 0.1) is 0 Å². The predicted octanol–water partition coefficient (Wildman–Crippen LogP) is 3.07. The molecule has 3 heteroatoms. The maximum atomic E-state index is 7.82. The SMILES string of the molecule is CCCCNc1ncccc1C(=N)CC. The van der Waals surface area contributed by atoms with Crippen molar-refractivity contribution in [1.82, 2.24) is 4.98 Å². The number of rotatable bonds is 6. The normalized spacial score (nSPS) is 10.0. The molecule has 1 aromatic heterocycles. The maximum absolute atomic E-state index is 7.82. The lowest BCUT2D eigenvalue weighted by Crippen LogP contribution is -2.09. The molecule has 0 saturated carbocycles. The molecule has 0 aliphatic heterocycles. The Morgan fingerprint density at radius 3 is 2.93 bits per heavy atom. The molecule has 3 nitrogen and oxygen atoms in total. The van der Waals surface area contributed by atoms with Crippen molar-refractivity contribution in [3.8, 4) is 0 Å². The highest BCUT2D eigenvalue weighted by Crippen LogP contribution is 2.13. The van der Waals surface area contributed by atoms with E-state index in [1.165, 1.54) is 6.42 Å². The van der Waals surface area contributed by atoms with Crippen LogP contribution in [0, 0.1) is 5.41 Å². The smallest absolute Gasteiger partial charge is 0.135 e. The lowest BCUT2D eigenvalue weighted by atomic mass is 10.1. The Morgan fingerprint density at radius 2 is 2.27 bits per heavy atom. The van der Waals surface area contributed by atoms with Gasteiger partial charge in [-0.2, -0.15) is 0 Å². The molecule has 0 atom stereocenters. The van der Waals surface area contributed by atoms with Crippen LogP contribution in [0.4, 0.5) is 5.82 Å². The zero-order valence-corrected chi connectivity index (χ0v) is 9.51. The van der Waals surface area contributed by atoms with Gasteiger partial charge >= 0.3 is 0 Å². The number of unbranched alkanes of at least 4 members (excludes halogenated alkanes) is 1. The fourth-order valence-corrected chi connectivity index (χ4v) is 1.36. The fraction of sp³-hybridized carbons (Fsp3) is 0.500. The highest BCUT2D eigenvalue weighted by molar-refractivity contribution is 6.01. The Hall–Kier alpha value is -1.38. The maximum Gasteiger partial charge on any atom is 0.135 e. The van der Waals surface area contributed by atoms with E-state index in [1.807, 2.05) is 19.1 Å². The van der Waals surface area contributed by atoms with E-state index in [0.717, 1.165) is 30.8 Å². The van der Waals surface area contributed by atoms with E-state index in [-0.39, 0.29) is 0 Å². The molecule has 0 aliphatic carbocycles. The molecular formula is C12H19N3. The first-order chi connectivity index (χ1) is 7.29. The molecule has 0 radical (unpaired) electrons. The number of nitrogens with one attached hydrogen (secondary N) is 2. The van der Waals surface area contributed by atoms with Crippen LogP contribution >= 0.6 is 0 Å². The van der Waals surface area contributed by atoms with Gasteiger partial charge in [-0.15, -0.1) is 0 Å². The standard InChI is InChI=1S/C12H19N3/c1-3-5-8-14-12-10(11(13)4-2)7-6-9-15-12/h6-7,9,13H,3-5,8H2,1-2H3,(H,14,15). The number of hydrogen-bond donors (Lipinski definition) is 2. The highest BCUT2D eigenvalue weighted by atomic mass is 15.0. The minimum atomic E-state index is 0.641. The zero-order valence-electron chi connectivity index (χ0n) is 9.51. The monoisotopic (exact) mass is 205 g/mol. The number of aromatic nitrogens is 1. The van der Waals surface area contributed by atoms with E-state index in [1.54, 1.807) is 6.20 Å². The predicted molar refractivity (Wildman–Crippen MR) is 64.8 cm³/mol. The topological polar surface area (TPSA) is 48.8 Å². The summed E-state index contributed by atoms with van der Waals surface area (Å²) in [5, 5.41) is 11.1. The van der Waals surface area contributed by atoms with Gasteiger partial charge in [0, 0.05) is 24.0 Å². The van der Waals surface area contributed by atoms with E-state index in [9.17, 15) is 0 Å². The summed E-state index contributed by atoms with van der Waals surface area (Å²) in [6.45, 7) is 5.08. The Labute approximate surface area is 91.4 Å². The minimum absolute atomic E-state index is 0.641. The van der Waals surface area contributed by atoms with Crippen molar-refractivity contribution in [3.63, 3.8) is 0 Å². The molecule has 2 N–H and O–H groups in total. The van der Waals surface area contributed by atoms with E-state index in [4.69, 9.17) is 5.41 Å².